The summed E-state index contributed by atoms with van der Waals surface area (Å²) >= 11 is 0. The molecule has 0 saturated carbocycles. The molecule has 0 atom stereocenters. The van der Waals surface area contributed by atoms with Crippen molar-refractivity contribution in [3.63, 3.8) is 0 Å². The SMILES string of the molecule is Cc1nc(F)ccc1-c1cc2c(c(Nc3ccc(N4CCOCC4)c(F)c3)n1)C(=O)[N]C=C2. The van der Waals surface area contributed by atoms with Gasteiger partial charge in [0.15, 0.2) is 0 Å². The number of aryl methyl sites for hydroxylation is 1. The number of benzene rings is 1. The number of nitrogens with zero attached hydrogens (tertiary/aromatic N) is 4. The maximum atomic E-state index is 14.9. The smallest absolute Gasteiger partial charge is 0.281 e. The highest BCUT2D eigenvalue weighted by Gasteiger charge is 2.23. The van der Waals surface area contributed by atoms with Crippen LogP contribution in [0.5, 0.6) is 0 Å². The number of carbonyl (C=O) groups is 1. The molecule has 1 fully saturated rings. The standard InChI is InChI=1S/C24H20F2N5O2/c1-14-17(3-5-21(26)28-14)19-12-15-6-7-27-24(32)22(15)23(30-19)29-16-2-4-20(18(25)13-16)31-8-10-33-11-9-31/h2-7,12-13H,8-11H2,1H3,(H,29,30). The predicted octanol–water partition coefficient (Wildman–Crippen LogP) is 4.04. The van der Waals surface area contributed by atoms with Crippen molar-refractivity contribution in [1.29, 1.82) is 0 Å². The minimum atomic E-state index is -0.586. The minimum Gasteiger partial charge on any atom is -0.378 e. The van der Waals surface area contributed by atoms with Crippen molar-refractivity contribution < 1.29 is 18.3 Å². The van der Waals surface area contributed by atoms with Crippen molar-refractivity contribution >= 4 is 29.2 Å². The first-order valence-electron chi connectivity index (χ1n) is 10.5. The summed E-state index contributed by atoms with van der Waals surface area (Å²) in [4.78, 5) is 22.9. The first kappa shape index (κ1) is 21.0. The molecule has 1 saturated heterocycles. The second-order valence-electron chi connectivity index (χ2n) is 7.73. The van der Waals surface area contributed by atoms with Crippen LogP contribution in [0.3, 0.4) is 0 Å². The van der Waals surface area contributed by atoms with E-state index < -0.39 is 11.9 Å². The average molecular weight is 448 g/mol. The molecule has 1 radical (unpaired) electrons. The molecule has 7 nitrogen and oxygen atoms in total. The summed E-state index contributed by atoms with van der Waals surface area (Å²) in [6, 6.07) is 9.38. The van der Waals surface area contributed by atoms with Gasteiger partial charge < -0.3 is 15.0 Å². The molecule has 0 bridgehead atoms. The van der Waals surface area contributed by atoms with Crippen LogP contribution in [0.15, 0.2) is 42.6 Å². The Morgan fingerprint density at radius 2 is 1.88 bits per heavy atom. The van der Waals surface area contributed by atoms with Gasteiger partial charge in [-0.3, -0.25) is 4.79 Å². The van der Waals surface area contributed by atoms with E-state index in [4.69, 9.17) is 4.74 Å². The zero-order chi connectivity index (χ0) is 22.9. The summed E-state index contributed by atoms with van der Waals surface area (Å²) in [7, 11) is 0. The number of carbonyl (C=O) groups excluding carboxylic acids is 1. The Balaban J connectivity index is 1.54. The third kappa shape index (κ3) is 4.14. The maximum absolute atomic E-state index is 14.9. The third-order valence-corrected chi connectivity index (χ3v) is 5.60. The van der Waals surface area contributed by atoms with E-state index in [-0.39, 0.29) is 17.2 Å². The molecular formula is C24H20F2N5O2. The number of anilines is 3. The lowest BCUT2D eigenvalue weighted by atomic mass is 10.0. The molecule has 0 unspecified atom stereocenters. The van der Waals surface area contributed by atoms with Gasteiger partial charge in [-0.2, -0.15) is 4.39 Å². The van der Waals surface area contributed by atoms with Crippen molar-refractivity contribution in [1.82, 2.24) is 15.3 Å². The van der Waals surface area contributed by atoms with Crippen LogP contribution in [0.1, 0.15) is 21.6 Å². The molecule has 2 aliphatic rings. The van der Waals surface area contributed by atoms with E-state index in [0.29, 0.717) is 60.2 Å². The Bertz CT molecular complexity index is 1270. The first-order valence-corrected chi connectivity index (χ1v) is 10.5. The third-order valence-electron chi connectivity index (χ3n) is 5.60. The van der Waals surface area contributed by atoms with Gasteiger partial charge in [-0.15, -0.1) is 0 Å². The number of fused-ring (bicyclic) bond motifs is 1. The number of ether oxygens (including phenoxy) is 1. The molecule has 0 aliphatic carbocycles. The number of nitrogens with one attached hydrogen (secondary N) is 1. The fourth-order valence-electron chi connectivity index (χ4n) is 3.98. The maximum Gasteiger partial charge on any atom is 0.281 e. The quantitative estimate of drug-likeness (QED) is 0.607. The van der Waals surface area contributed by atoms with Crippen molar-refractivity contribution in [3.8, 4) is 11.3 Å². The molecular weight excluding hydrogens is 428 g/mol. The Kier molecular flexibility index (Phi) is 5.47. The molecule has 4 heterocycles. The highest BCUT2D eigenvalue weighted by atomic mass is 19.1. The summed E-state index contributed by atoms with van der Waals surface area (Å²) in [5.74, 6) is -1.19. The van der Waals surface area contributed by atoms with Gasteiger partial charge in [0.2, 0.25) is 5.95 Å². The molecule has 5 rings (SSSR count). The van der Waals surface area contributed by atoms with Crippen LogP contribution in [0.25, 0.3) is 17.3 Å². The number of hydrogen-bond acceptors (Lipinski definition) is 6. The van der Waals surface area contributed by atoms with Crippen LogP contribution in [-0.2, 0) is 4.74 Å². The number of halogens is 2. The van der Waals surface area contributed by atoms with Gasteiger partial charge >= 0.3 is 0 Å². The second-order valence-corrected chi connectivity index (χ2v) is 7.73. The van der Waals surface area contributed by atoms with Gasteiger partial charge in [-0.25, -0.2) is 19.7 Å². The van der Waals surface area contributed by atoms with E-state index >= 15 is 0 Å². The summed E-state index contributed by atoms with van der Waals surface area (Å²) in [6.45, 7) is 4.03. The monoisotopic (exact) mass is 448 g/mol. The van der Waals surface area contributed by atoms with E-state index in [9.17, 15) is 13.6 Å². The van der Waals surface area contributed by atoms with Crippen molar-refractivity contribution in [2.24, 2.45) is 0 Å². The largest absolute Gasteiger partial charge is 0.378 e. The van der Waals surface area contributed by atoms with Crippen LogP contribution >= 0.6 is 0 Å². The van der Waals surface area contributed by atoms with E-state index in [2.05, 4.69) is 20.6 Å². The van der Waals surface area contributed by atoms with Crippen molar-refractivity contribution in [2.75, 3.05) is 36.5 Å². The lowest BCUT2D eigenvalue weighted by Gasteiger charge is -2.29. The van der Waals surface area contributed by atoms with Gasteiger partial charge in [0.1, 0.15) is 11.6 Å². The molecule has 1 N–H and O–H groups in total. The Hall–Kier alpha value is -3.85. The normalized spacial score (nSPS) is 15.2. The average Bonchev–Trinajstić information content (AvgIpc) is 2.79. The van der Waals surface area contributed by atoms with Crippen LogP contribution in [0.2, 0.25) is 0 Å². The molecule has 1 aromatic carbocycles. The van der Waals surface area contributed by atoms with Gasteiger partial charge in [-0.05, 0) is 55.0 Å². The molecule has 33 heavy (non-hydrogen) atoms. The lowest BCUT2D eigenvalue weighted by molar-refractivity contribution is 0.0965. The van der Waals surface area contributed by atoms with Crippen LogP contribution in [0.4, 0.5) is 26.0 Å². The van der Waals surface area contributed by atoms with Crippen molar-refractivity contribution in [3.05, 3.63) is 71.2 Å². The summed E-state index contributed by atoms with van der Waals surface area (Å²) in [6.07, 6.45) is 3.12. The summed E-state index contributed by atoms with van der Waals surface area (Å²) < 4.78 is 33.7. The Labute approximate surface area is 189 Å². The Morgan fingerprint density at radius 3 is 2.64 bits per heavy atom. The van der Waals surface area contributed by atoms with Gasteiger partial charge in [-0.1, -0.05) is 0 Å². The number of amides is 1. The molecule has 3 aromatic rings. The fraction of sp³-hybridized carbons (Fsp3) is 0.208. The van der Waals surface area contributed by atoms with E-state index in [1.165, 1.54) is 18.3 Å². The number of morpholine rings is 1. The molecule has 2 aromatic heterocycles. The topological polar surface area (TPSA) is 81.4 Å². The Morgan fingerprint density at radius 1 is 1.06 bits per heavy atom. The van der Waals surface area contributed by atoms with E-state index in [1.807, 2.05) is 4.90 Å². The second kappa shape index (κ2) is 8.59. The number of pyridine rings is 2. The van der Waals surface area contributed by atoms with Gasteiger partial charge in [0.25, 0.3) is 5.91 Å². The highest BCUT2D eigenvalue weighted by molar-refractivity contribution is 6.05. The molecule has 167 valence electrons. The number of aromatic nitrogens is 2. The summed E-state index contributed by atoms with van der Waals surface area (Å²) in [5.41, 5.74) is 3.42. The first-order chi connectivity index (χ1) is 16.0. The molecule has 2 aliphatic heterocycles. The van der Waals surface area contributed by atoms with E-state index in [1.54, 1.807) is 37.3 Å². The number of rotatable bonds is 4. The zero-order valence-electron chi connectivity index (χ0n) is 17.8. The van der Waals surface area contributed by atoms with Crippen LogP contribution in [0, 0.1) is 18.7 Å². The summed E-state index contributed by atoms with van der Waals surface area (Å²) in [5, 5.41) is 6.91. The zero-order valence-corrected chi connectivity index (χ0v) is 17.8. The van der Waals surface area contributed by atoms with Gasteiger partial charge in [0, 0.05) is 36.2 Å². The lowest BCUT2D eigenvalue weighted by Crippen LogP contribution is -2.36. The molecule has 9 heteroatoms. The fourth-order valence-corrected chi connectivity index (χ4v) is 3.98. The molecule has 1 amide bonds. The van der Waals surface area contributed by atoms with Crippen molar-refractivity contribution in [2.45, 2.75) is 6.92 Å². The minimum absolute atomic E-state index is 0.239. The van der Waals surface area contributed by atoms with Crippen LogP contribution < -0.4 is 15.5 Å². The van der Waals surface area contributed by atoms with Crippen LogP contribution in [-0.4, -0.2) is 42.2 Å². The highest BCUT2D eigenvalue weighted by Crippen LogP contribution is 2.32. The number of hydrogen-bond donors (Lipinski definition) is 1. The van der Waals surface area contributed by atoms with Gasteiger partial charge in [0.05, 0.1) is 30.2 Å². The molecule has 0 spiro atoms. The van der Waals surface area contributed by atoms with E-state index in [0.717, 1.165) is 0 Å². The predicted molar refractivity (Wildman–Crippen MR) is 120 cm³/mol.